The highest BCUT2D eigenvalue weighted by molar-refractivity contribution is 4.85. The minimum absolute atomic E-state index is 0.457. The molecule has 96 valence electrons. The van der Waals surface area contributed by atoms with Crippen LogP contribution in [-0.2, 0) is 0 Å². The minimum atomic E-state index is 0.457. The van der Waals surface area contributed by atoms with E-state index in [1.54, 1.807) is 0 Å². The van der Waals surface area contributed by atoms with Gasteiger partial charge in [-0.1, -0.05) is 27.7 Å². The van der Waals surface area contributed by atoms with Crippen LogP contribution in [0, 0.1) is 11.3 Å². The monoisotopic (exact) mass is 226 g/mol. The Morgan fingerprint density at radius 2 is 2.06 bits per heavy atom. The Bertz CT molecular complexity index is 183. The SMILES string of the molecule is CCCN(CC)CC(C)(C)C1CCCNC1. The van der Waals surface area contributed by atoms with E-state index in [0.29, 0.717) is 5.41 Å². The lowest BCUT2D eigenvalue weighted by atomic mass is 9.74. The number of hydrogen-bond acceptors (Lipinski definition) is 2. The van der Waals surface area contributed by atoms with Gasteiger partial charge in [-0.3, -0.25) is 0 Å². The molecule has 1 N–H and O–H groups in total. The van der Waals surface area contributed by atoms with E-state index in [4.69, 9.17) is 0 Å². The van der Waals surface area contributed by atoms with Crippen molar-refractivity contribution in [2.45, 2.75) is 47.0 Å². The summed E-state index contributed by atoms with van der Waals surface area (Å²) in [6.07, 6.45) is 4.03. The van der Waals surface area contributed by atoms with Crippen molar-refractivity contribution in [2.24, 2.45) is 11.3 Å². The maximum absolute atomic E-state index is 3.55. The Balaban J connectivity index is 2.47. The first-order valence-electron chi connectivity index (χ1n) is 7.03. The molecule has 1 rings (SSSR count). The number of nitrogens with one attached hydrogen (secondary N) is 1. The highest BCUT2D eigenvalue weighted by atomic mass is 15.1. The summed E-state index contributed by atoms with van der Waals surface area (Å²) < 4.78 is 0. The van der Waals surface area contributed by atoms with Crippen LogP contribution in [0.15, 0.2) is 0 Å². The fourth-order valence-electron chi connectivity index (χ4n) is 2.89. The third-order valence-corrected chi connectivity index (χ3v) is 4.02. The van der Waals surface area contributed by atoms with Crippen LogP contribution in [0.3, 0.4) is 0 Å². The van der Waals surface area contributed by atoms with Crippen LogP contribution in [0.1, 0.15) is 47.0 Å². The van der Waals surface area contributed by atoms with Crippen LogP contribution in [-0.4, -0.2) is 37.6 Å². The second-order valence-corrected chi connectivity index (χ2v) is 5.90. The average molecular weight is 226 g/mol. The van der Waals surface area contributed by atoms with Crippen LogP contribution in [0.5, 0.6) is 0 Å². The molecule has 0 aromatic rings. The largest absolute Gasteiger partial charge is 0.316 e. The van der Waals surface area contributed by atoms with Gasteiger partial charge < -0.3 is 10.2 Å². The van der Waals surface area contributed by atoms with Crippen molar-refractivity contribution < 1.29 is 0 Å². The van der Waals surface area contributed by atoms with Gasteiger partial charge in [-0.2, -0.15) is 0 Å². The smallest absolute Gasteiger partial charge is 0.00357 e. The zero-order valence-corrected chi connectivity index (χ0v) is 11.7. The average Bonchev–Trinajstić information content (AvgIpc) is 2.29. The van der Waals surface area contributed by atoms with E-state index >= 15 is 0 Å². The van der Waals surface area contributed by atoms with Crippen LogP contribution < -0.4 is 5.32 Å². The molecule has 1 saturated heterocycles. The Morgan fingerprint density at radius 3 is 2.56 bits per heavy atom. The number of nitrogens with zero attached hydrogens (tertiary/aromatic N) is 1. The number of hydrogen-bond donors (Lipinski definition) is 1. The molecule has 0 aromatic heterocycles. The van der Waals surface area contributed by atoms with Crippen molar-refractivity contribution in [3.8, 4) is 0 Å². The van der Waals surface area contributed by atoms with Crippen LogP contribution >= 0.6 is 0 Å². The maximum atomic E-state index is 3.55. The first-order valence-corrected chi connectivity index (χ1v) is 7.03. The fraction of sp³-hybridized carbons (Fsp3) is 1.00. The molecular weight excluding hydrogens is 196 g/mol. The number of piperidine rings is 1. The highest BCUT2D eigenvalue weighted by Gasteiger charge is 2.31. The molecule has 1 atom stereocenters. The molecule has 16 heavy (non-hydrogen) atoms. The lowest BCUT2D eigenvalue weighted by molar-refractivity contribution is 0.103. The second kappa shape index (κ2) is 6.61. The highest BCUT2D eigenvalue weighted by Crippen LogP contribution is 2.32. The van der Waals surface area contributed by atoms with Crippen molar-refractivity contribution in [1.29, 1.82) is 0 Å². The van der Waals surface area contributed by atoms with E-state index in [-0.39, 0.29) is 0 Å². The van der Waals surface area contributed by atoms with Gasteiger partial charge in [0.15, 0.2) is 0 Å². The molecule has 1 fully saturated rings. The lowest BCUT2D eigenvalue weighted by Crippen LogP contribution is -2.44. The molecule has 2 heteroatoms. The summed E-state index contributed by atoms with van der Waals surface area (Å²) in [6.45, 7) is 15.6. The van der Waals surface area contributed by atoms with Gasteiger partial charge in [0.05, 0.1) is 0 Å². The molecule has 0 bridgehead atoms. The Labute approximate surface area is 102 Å². The van der Waals surface area contributed by atoms with E-state index < -0.39 is 0 Å². The quantitative estimate of drug-likeness (QED) is 0.749. The van der Waals surface area contributed by atoms with Crippen molar-refractivity contribution in [3.05, 3.63) is 0 Å². The van der Waals surface area contributed by atoms with E-state index in [1.165, 1.54) is 52.0 Å². The molecule has 0 aromatic carbocycles. The van der Waals surface area contributed by atoms with Crippen LogP contribution in [0.25, 0.3) is 0 Å². The Morgan fingerprint density at radius 1 is 1.31 bits per heavy atom. The van der Waals surface area contributed by atoms with E-state index in [1.807, 2.05) is 0 Å². The van der Waals surface area contributed by atoms with Gasteiger partial charge in [-0.25, -0.2) is 0 Å². The fourth-order valence-corrected chi connectivity index (χ4v) is 2.89. The van der Waals surface area contributed by atoms with Crippen molar-refractivity contribution in [3.63, 3.8) is 0 Å². The summed E-state index contributed by atoms with van der Waals surface area (Å²) in [5.41, 5.74) is 0.457. The molecule has 0 aliphatic carbocycles. The van der Waals surface area contributed by atoms with Gasteiger partial charge >= 0.3 is 0 Å². The maximum Gasteiger partial charge on any atom is 0.00357 e. The molecule has 1 heterocycles. The Hall–Kier alpha value is -0.0800. The summed E-state index contributed by atoms with van der Waals surface area (Å²) in [7, 11) is 0. The molecule has 0 amide bonds. The summed E-state index contributed by atoms with van der Waals surface area (Å²) >= 11 is 0. The summed E-state index contributed by atoms with van der Waals surface area (Å²) in [5, 5.41) is 3.55. The van der Waals surface area contributed by atoms with Gasteiger partial charge in [0.1, 0.15) is 0 Å². The molecule has 0 saturated carbocycles. The molecule has 1 unspecified atom stereocenters. The summed E-state index contributed by atoms with van der Waals surface area (Å²) in [6, 6.07) is 0. The molecular formula is C14H30N2. The van der Waals surface area contributed by atoms with E-state index in [9.17, 15) is 0 Å². The van der Waals surface area contributed by atoms with Crippen molar-refractivity contribution in [1.82, 2.24) is 10.2 Å². The first kappa shape index (κ1) is 14.0. The van der Waals surface area contributed by atoms with Gasteiger partial charge in [-0.05, 0) is 56.8 Å². The summed E-state index contributed by atoms with van der Waals surface area (Å²) in [5.74, 6) is 0.854. The molecule has 1 aliphatic rings. The van der Waals surface area contributed by atoms with Gasteiger partial charge in [0.25, 0.3) is 0 Å². The summed E-state index contributed by atoms with van der Waals surface area (Å²) in [4.78, 5) is 2.61. The van der Waals surface area contributed by atoms with Crippen LogP contribution in [0.4, 0.5) is 0 Å². The normalized spacial score (nSPS) is 22.7. The predicted octanol–water partition coefficient (Wildman–Crippen LogP) is 2.74. The molecule has 2 nitrogen and oxygen atoms in total. The van der Waals surface area contributed by atoms with Crippen LogP contribution in [0.2, 0.25) is 0 Å². The predicted molar refractivity (Wildman–Crippen MR) is 71.8 cm³/mol. The van der Waals surface area contributed by atoms with Gasteiger partial charge in [0, 0.05) is 6.54 Å². The zero-order valence-electron chi connectivity index (χ0n) is 11.7. The van der Waals surface area contributed by atoms with Gasteiger partial charge in [-0.15, -0.1) is 0 Å². The number of rotatable bonds is 6. The van der Waals surface area contributed by atoms with E-state index in [0.717, 1.165) is 5.92 Å². The zero-order chi connectivity index (χ0) is 12.0. The third-order valence-electron chi connectivity index (χ3n) is 4.02. The second-order valence-electron chi connectivity index (χ2n) is 5.90. The lowest BCUT2D eigenvalue weighted by Gasteiger charge is -2.40. The minimum Gasteiger partial charge on any atom is -0.316 e. The van der Waals surface area contributed by atoms with Crippen molar-refractivity contribution >= 4 is 0 Å². The molecule has 0 radical (unpaired) electrons. The Kier molecular flexibility index (Phi) is 5.77. The third kappa shape index (κ3) is 4.06. The standard InChI is InChI=1S/C14H30N2/c1-5-10-16(6-2)12-14(3,4)13-8-7-9-15-11-13/h13,15H,5-12H2,1-4H3. The van der Waals surface area contributed by atoms with E-state index in [2.05, 4.69) is 37.9 Å². The van der Waals surface area contributed by atoms with Crippen molar-refractivity contribution in [2.75, 3.05) is 32.7 Å². The van der Waals surface area contributed by atoms with Gasteiger partial charge in [0.2, 0.25) is 0 Å². The molecule has 1 aliphatic heterocycles. The first-order chi connectivity index (χ1) is 7.60. The molecule has 0 spiro atoms. The topological polar surface area (TPSA) is 15.3 Å².